The summed E-state index contributed by atoms with van der Waals surface area (Å²) in [7, 11) is -3.22. The Bertz CT molecular complexity index is 1180. The lowest BCUT2D eigenvalue weighted by molar-refractivity contribution is 0.0411. The second kappa shape index (κ2) is 8.87. The molecule has 4 rings (SSSR count). The largest absolute Gasteiger partial charge is 0.484 e. The van der Waals surface area contributed by atoms with Crippen LogP contribution in [-0.2, 0) is 9.84 Å². The molecule has 0 saturated heterocycles. The van der Waals surface area contributed by atoms with Gasteiger partial charge in [-0.25, -0.2) is 13.4 Å². The third kappa shape index (κ3) is 5.15. The molecule has 0 radical (unpaired) electrons. The van der Waals surface area contributed by atoms with Crippen molar-refractivity contribution < 1.29 is 18.3 Å². The Morgan fingerprint density at radius 2 is 1.88 bits per heavy atom. The Hall–Kier alpha value is -2.38. The van der Waals surface area contributed by atoms with Gasteiger partial charge in [-0.1, -0.05) is 37.8 Å². The number of fused-ring (bicyclic) bond motifs is 1. The van der Waals surface area contributed by atoms with E-state index in [-0.39, 0.29) is 12.5 Å². The van der Waals surface area contributed by atoms with Crippen LogP contribution >= 0.6 is 0 Å². The van der Waals surface area contributed by atoms with Gasteiger partial charge in [-0.2, -0.15) is 0 Å². The number of benzene rings is 1. The lowest BCUT2D eigenvalue weighted by Gasteiger charge is -2.23. The molecular weight excluding hydrogens is 424 g/mol. The molecule has 1 aliphatic carbocycles. The van der Waals surface area contributed by atoms with Gasteiger partial charge in [-0.05, 0) is 56.0 Å². The van der Waals surface area contributed by atoms with E-state index in [1.807, 2.05) is 32.0 Å². The summed E-state index contributed by atoms with van der Waals surface area (Å²) in [6.07, 6.45) is 8.97. The molecule has 2 N–H and O–H groups in total. The summed E-state index contributed by atoms with van der Waals surface area (Å²) in [5, 5.41) is 10.4. The van der Waals surface area contributed by atoms with Crippen molar-refractivity contribution in [2.75, 3.05) is 12.9 Å². The number of aromatic nitrogens is 2. The molecule has 2 aromatic heterocycles. The number of pyridine rings is 1. The Kier molecular flexibility index (Phi) is 6.32. The first-order chi connectivity index (χ1) is 15.1. The van der Waals surface area contributed by atoms with Crippen molar-refractivity contribution >= 4 is 20.9 Å². The maximum atomic E-state index is 11.9. The zero-order chi connectivity index (χ0) is 22.9. The number of ether oxygens (including phenoxy) is 1. The Balaban J connectivity index is 1.68. The van der Waals surface area contributed by atoms with E-state index in [0.29, 0.717) is 16.6 Å². The van der Waals surface area contributed by atoms with Crippen molar-refractivity contribution in [2.45, 2.75) is 62.4 Å². The van der Waals surface area contributed by atoms with Gasteiger partial charge in [0.05, 0.1) is 17.7 Å². The van der Waals surface area contributed by atoms with Crippen LogP contribution in [0.1, 0.15) is 63.1 Å². The van der Waals surface area contributed by atoms with Crippen LogP contribution < -0.4 is 4.74 Å². The van der Waals surface area contributed by atoms with Gasteiger partial charge in [0.1, 0.15) is 17.0 Å². The van der Waals surface area contributed by atoms with Gasteiger partial charge in [-0.3, -0.25) is 0 Å². The number of aliphatic hydroxyl groups excluding tert-OH is 1. The summed E-state index contributed by atoms with van der Waals surface area (Å²) in [6, 6.07) is 11.3. The molecule has 2 heterocycles. The van der Waals surface area contributed by atoms with Gasteiger partial charge in [0.25, 0.3) is 0 Å². The Morgan fingerprint density at radius 1 is 1.19 bits per heavy atom. The second-order valence-electron chi connectivity index (χ2n) is 9.63. The van der Waals surface area contributed by atoms with Gasteiger partial charge in [-0.15, -0.1) is 0 Å². The van der Waals surface area contributed by atoms with Crippen LogP contribution in [0.5, 0.6) is 5.75 Å². The highest BCUT2D eigenvalue weighted by atomic mass is 32.2. The van der Waals surface area contributed by atoms with Crippen molar-refractivity contribution in [2.24, 2.45) is 5.92 Å². The number of sulfone groups is 1. The molecule has 0 aliphatic heterocycles. The van der Waals surface area contributed by atoms with Crippen molar-refractivity contribution in [3.05, 3.63) is 53.9 Å². The van der Waals surface area contributed by atoms with Crippen molar-refractivity contribution in [3.63, 3.8) is 0 Å². The van der Waals surface area contributed by atoms with Crippen LogP contribution in [0.2, 0.25) is 0 Å². The minimum Gasteiger partial charge on any atom is -0.484 e. The summed E-state index contributed by atoms with van der Waals surface area (Å²) in [5.41, 5.74) is 2.29. The lowest BCUT2D eigenvalue weighted by atomic mass is 9.85. The van der Waals surface area contributed by atoms with E-state index >= 15 is 0 Å². The van der Waals surface area contributed by atoms with E-state index in [2.05, 4.69) is 16.0 Å². The number of hydrogen-bond donors (Lipinski definition) is 2. The molecule has 0 bridgehead atoms. The molecule has 32 heavy (non-hydrogen) atoms. The molecule has 6 nitrogen and oxygen atoms in total. The standard InChI is InChI=1S/C25H32N2O4S/c1-25(2,16-28)31-20-13-19-14-23(27-24(19)26-15-20)22(12-17-6-4-5-7-17)18-8-10-21(11-9-18)32(3,29)30/h8-11,13-15,17,22,28H,4-7,12,16H2,1-3H3,(H,26,27)/t22-/m1/s1. The van der Waals surface area contributed by atoms with Crippen LogP contribution in [0.3, 0.4) is 0 Å². The average Bonchev–Trinajstić information content (AvgIpc) is 3.40. The zero-order valence-corrected chi connectivity index (χ0v) is 19.8. The molecule has 0 amide bonds. The van der Waals surface area contributed by atoms with E-state index < -0.39 is 15.4 Å². The predicted molar refractivity (Wildman–Crippen MR) is 126 cm³/mol. The minimum atomic E-state index is -3.22. The number of rotatable bonds is 8. The molecule has 172 valence electrons. The molecule has 1 fully saturated rings. The predicted octanol–water partition coefficient (Wildman–Crippen LogP) is 4.83. The van der Waals surface area contributed by atoms with E-state index in [0.717, 1.165) is 28.7 Å². The monoisotopic (exact) mass is 456 g/mol. The quantitative estimate of drug-likeness (QED) is 0.507. The summed E-state index contributed by atoms with van der Waals surface area (Å²) in [5.74, 6) is 1.42. The molecular formula is C25H32N2O4S. The maximum Gasteiger partial charge on any atom is 0.175 e. The van der Waals surface area contributed by atoms with Gasteiger partial charge in [0, 0.05) is 23.3 Å². The van der Waals surface area contributed by atoms with E-state index in [4.69, 9.17) is 4.74 Å². The lowest BCUT2D eigenvalue weighted by Crippen LogP contribution is -2.32. The smallest absolute Gasteiger partial charge is 0.175 e. The number of H-pyrrole nitrogens is 1. The summed E-state index contributed by atoms with van der Waals surface area (Å²) >= 11 is 0. The molecule has 1 atom stereocenters. The highest BCUT2D eigenvalue weighted by Gasteiger charge is 2.25. The molecule has 3 aromatic rings. The van der Waals surface area contributed by atoms with Gasteiger partial charge in [0.15, 0.2) is 9.84 Å². The third-order valence-electron chi connectivity index (χ3n) is 6.37. The topological polar surface area (TPSA) is 92.3 Å². The van der Waals surface area contributed by atoms with Crippen LogP contribution in [-0.4, -0.2) is 42.0 Å². The second-order valence-corrected chi connectivity index (χ2v) is 11.6. The molecule has 1 aliphatic rings. The van der Waals surface area contributed by atoms with Crippen LogP contribution in [0, 0.1) is 5.92 Å². The fourth-order valence-electron chi connectivity index (χ4n) is 4.58. The molecule has 7 heteroatoms. The van der Waals surface area contributed by atoms with Gasteiger partial charge >= 0.3 is 0 Å². The summed E-state index contributed by atoms with van der Waals surface area (Å²) in [4.78, 5) is 8.36. The fourth-order valence-corrected chi connectivity index (χ4v) is 5.21. The zero-order valence-electron chi connectivity index (χ0n) is 19.0. The number of aliphatic hydroxyl groups is 1. The van der Waals surface area contributed by atoms with E-state index in [9.17, 15) is 13.5 Å². The molecule has 1 saturated carbocycles. The number of nitrogens with zero attached hydrogens (tertiary/aromatic N) is 1. The number of nitrogens with one attached hydrogen (secondary N) is 1. The van der Waals surface area contributed by atoms with Crippen molar-refractivity contribution in [1.29, 1.82) is 0 Å². The maximum absolute atomic E-state index is 11.9. The first-order valence-corrected chi connectivity index (χ1v) is 13.1. The fraction of sp³-hybridized carbons (Fsp3) is 0.480. The normalized spacial score (nSPS) is 16.5. The number of hydrogen-bond acceptors (Lipinski definition) is 5. The molecule has 0 unspecified atom stereocenters. The Morgan fingerprint density at radius 3 is 2.50 bits per heavy atom. The summed E-state index contributed by atoms with van der Waals surface area (Å²) < 4.78 is 29.7. The number of aromatic amines is 1. The highest BCUT2D eigenvalue weighted by Crippen LogP contribution is 2.38. The Labute approximate surface area is 190 Å². The van der Waals surface area contributed by atoms with Gasteiger partial charge < -0.3 is 14.8 Å². The van der Waals surface area contributed by atoms with Gasteiger partial charge in [0.2, 0.25) is 0 Å². The average molecular weight is 457 g/mol. The minimum absolute atomic E-state index is 0.0869. The first-order valence-electron chi connectivity index (χ1n) is 11.2. The third-order valence-corrected chi connectivity index (χ3v) is 7.50. The molecule has 1 aromatic carbocycles. The van der Waals surface area contributed by atoms with E-state index in [1.54, 1.807) is 18.3 Å². The van der Waals surface area contributed by atoms with Crippen LogP contribution in [0.15, 0.2) is 47.5 Å². The SMILES string of the molecule is CC(C)(CO)Oc1cnc2[nH]c([C@H](CC3CCCC3)c3ccc(S(C)(=O)=O)cc3)cc2c1. The van der Waals surface area contributed by atoms with E-state index in [1.165, 1.54) is 31.9 Å². The van der Waals surface area contributed by atoms with Crippen molar-refractivity contribution in [1.82, 2.24) is 9.97 Å². The summed E-state index contributed by atoms with van der Waals surface area (Å²) in [6.45, 7) is 3.57. The van der Waals surface area contributed by atoms with Crippen LogP contribution in [0.4, 0.5) is 0 Å². The first kappa shape index (κ1) is 22.8. The van der Waals surface area contributed by atoms with Crippen molar-refractivity contribution in [3.8, 4) is 5.75 Å². The van der Waals surface area contributed by atoms with Crippen LogP contribution in [0.25, 0.3) is 11.0 Å². The highest BCUT2D eigenvalue weighted by molar-refractivity contribution is 7.90. The molecule has 0 spiro atoms.